The molecule has 2 heterocycles. The van der Waals surface area contributed by atoms with Crippen molar-refractivity contribution >= 4 is 32.6 Å². The Morgan fingerprint density at radius 3 is 2.95 bits per heavy atom. The van der Waals surface area contributed by atoms with Crippen LogP contribution in [-0.2, 0) is 15.0 Å². The summed E-state index contributed by atoms with van der Waals surface area (Å²) in [6, 6.07) is 0. The van der Waals surface area contributed by atoms with Crippen LogP contribution in [0.5, 0.6) is 0 Å². The number of anilines is 1. The first-order chi connectivity index (χ1) is 8.88. The average molecular weight is 305 g/mol. The number of aromatic nitrogens is 1. The van der Waals surface area contributed by atoms with Crippen LogP contribution in [0.25, 0.3) is 0 Å². The molecule has 1 atom stereocenters. The van der Waals surface area contributed by atoms with Gasteiger partial charge in [-0.2, -0.15) is 12.7 Å². The molecular weight excluding hydrogens is 290 g/mol. The van der Waals surface area contributed by atoms with Crippen molar-refractivity contribution in [1.29, 1.82) is 0 Å². The summed E-state index contributed by atoms with van der Waals surface area (Å²) in [6.45, 7) is 2.12. The number of thiazole rings is 1. The third-order valence-electron chi connectivity index (χ3n) is 2.91. The quantitative estimate of drug-likeness (QED) is 0.861. The van der Waals surface area contributed by atoms with E-state index in [-0.39, 0.29) is 6.54 Å². The molecule has 1 aliphatic heterocycles. The van der Waals surface area contributed by atoms with E-state index in [0.29, 0.717) is 24.5 Å². The van der Waals surface area contributed by atoms with Crippen molar-refractivity contribution in [1.82, 2.24) is 9.29 Å². The number of rotatable bonds is 4. The van der Waals surface area contributed by atoms with E-state index < -0.39 is 22.1 Å². The van der Waals surface area contributed by atoms with E-state index in [1.807, 2.05) is 0 Å². The molecular formula is C10H15N3O4S2. The number of carbonyl (C=O) groups is 1. The van der Waals surface area contributed by atoms with Crippen molar-refractivity contribution in [2.24, 2.45) is 5.92 Å². The van der Waals surface area contributed by atoms with Crippen LogP contribution in [0.2, 0.25) is 0 Å². The molecule has 7 nitrogen and oxygen atoms in total. The first kappa shape index (κ1) is 14.2. The highest BCUT2D eigenvalue weighted by molar-refractivity contribution is 7.90. The van der Waals surface area contributed by atoms with Gasteiger partial charge in [-0.1, -0.05) is 0 Å². The fraction of sp³-hybridized carbons (Fsp3) is 0.600. The molecule has 0 radical (unpaired) electrons. The Labute approximate surface area is 115 Å². The zero-order chi connectivity index (χ0) is 14.0. The summed E-state index contributed by atoms with van der Waals surface area (Å²) in [4.78, 5) is 15.0. The van der Waals surface area contributed by atoms with Gasteiger partial charge in [0.2, 0.25) is 0 Å². The molecule has 2 N–H and O–H groups in total. The molecule has 1 aromatic heterocycles. The lowest BCUT2D eigenvalue weighted by atomic mass is 10.0. The van der Waals surface area contributed by atoms with Crippen molar-refractivity contribution in [2.75, 3.05) is 17.8 Å². The SMILES string of the molecule is Cc1csc(NS(=O)(=O)N2CCCC(C(=O)O)C2)n1. The molecule has 0 amide bonds. The van der Waals surface area contributed by atoms with Crippen LogP contribution >= 0.6 is 11.3 Å². The van der Waals surface area contributed by atoms with Crippen LogP contribution in [0.3, 0.4) is 0 Å². The molecule has 0 spiro atoms. The van der Waals surface area contributed by atoms with Crippen LogP contribution in [0, 0.1) is 12.8 Å². The highest BCUT2D eigenvalue weighted by Gasteiger charge is 2.32. The lowest BCUT2D eigenvalue weighted by molar-refractivity contribution is -0.142. The Morgan fingerprint density at radius 1 is 1.63 bits per heavy atom. The maximum absolute atomic E-state index is 12.1. The van der Waals surface area contributed by atoms with Crippen LogP contribution in [-0.4, -0.2) is 41.9 Å². The molecule has 1 aromatic rings. The molecule has 19 heavy (non-hydrogen) atoms. The molecule has 106 valence electrons. The predicted octanol–water partition coefficient (Wildman–Crippen LogP) is 0.905. The molecule has 9 heteroatoms. The van der Waals surface area contributed by atoms with E-state index in [9.17, 15) is 13.2 Å². The van der Waals surface area contributed by atoms with Gasteiger partial charge in [0.05, 0.1) is 11.6 Å². The Balaban J connectivity index is 2.08. The number of carboxylic acid groups (broad SMARTS) is 1. The van der Waals surface area contributed by atoms with E-state index in [0.717, 1.165) is 5.69 Å². The van der Waals surface area contributed by atoms with E-state index >= 15 is 0 Å². The van der Waals surface area contributed by atoms with Gasteiger partial charge in [0.15, 0.2) is 5.13 Å². The normalized spacial score (nSPS) is 21.2. The van der Waals surface area contributed by atoms with Gasteiger partial charge in [0, 0.05) is 18.5 Å². The van der Waals surface area contributed by atoms with Gasteiger partial charge in [-0.15, -0.1) is 11.3 Å². The van der Waals surface area contributed by atoms with Gasteiger partial charge in [-0.25, -0.2) is 9.71 Å². The van der Waals surface area contributed by atoms with Gasteiger partial charge in [-0.05, 0) is 19.8 Å². The topological polar surface area (TPSA) is 99.6 Å². The number of hydrogen-bond acceptors (Lipinski definition) is 5. The standard InChI is InChI=1S/C10H15N3O4S2/c1-7-6-18-10(11-7)12-19(16,17)13-4-2-3-8(5-13)9(14)15/h6,8H,2-5H2,1H3,(H,11,12)(H,14,15). The highest BCUT2D eigenvalue weighted by atomic mass is 32.2. The second-order valence-electron chi connectivity index (χ2n) is 4.44. The molecule has 1 aliphatic rings. The van der Waals surface area contributed by atoms with Crippen LogP contribution in [0.15, 0.2) is 5.38 Å². The zero-order valence-corrected chi connectivity index (χ0v) is 12.0. The summed E-state index contributed by atoms with van der Waals surface area (Å²) in [5.41, 5.74) is 0.741. The minimum Gasteiger partial charge on any atom is -0.481 e. The summed E-state index contributed by atoms with van der Waals surface area (Å²) in [6.07, 6.45) is 1.06. The van der Waals surface area contributed by atoms with Gasteiger partial charge < -0.3 is 5.11 Å². The summed E-state index contributed by atoms with van der Waals surface area (Å²) < 4.78 is 27.8. The fourth-order valence-corrected chi connectivity index (χ4v) is 4.12. The largest absolute Gasteiger partial charge is 0.481 e. The number of piperidine rings is 1. The first-order valence-electron chi connectivity index (χ1n) is 5.81. The van der Waals surface area contributed by atoms with Crippen molar-refractivity contribution in [2.45, 2.75) is 19.8 Å². The number of nitrogens with zero attached hydrogens (tertiary/aromatic N) is 2. The molecule has 2 rings (SSSR count). The summed E-state index contributed by atoms with van der Waals surface area (Å²) in [5.74, 6) is -1.59. The number of hydrogen-bond donors (Lipinski definition) is 2. The third kappa shape index (κ3) is 3.43. The Morgan fingerprint density at radius 2 is 2.37 bits per heavy atom. The lowest BCUT2D eigenvalue weighted by Gasteiger charge is -2.29. The van der Waals surface area contributed by atoms with Crippen LogP contribution < -0.4 is 4.72 Å². The van der Waals surface area contributed by atoms with Crippen molar-refractivity contribution in [3.05, 3.63) is 11.1 Å². The van der Waals surface area contributed by atoms with Crippen molar-refractivity contribution in [3.63, 3.8) is 0 Å². The van der Waals surface area contributed by atoms with Gasteiger partial charge in [0.25, 0.3) is 0 Å². The number of nitrogens with one attached hydrogen (secondary N) is 1. The van der Waals surface area contributed by atoms with E-state index in [1.165, 1.54) is 15.6 Å². The lowest BCUT2D eigenvalue weighted by Crippen LogP contribution is -2.44. The number of aliphatic carboxylic acids is 1. The van der Waals surface area contributed by atoms with Crippen LogP contribution in [0.1, 0.15) is 18.5 Å². The van der Waals surface area contributed by atoms with Crippen molar-refractivity contribution in [3.8, 4) is 0 Å². The molecule has 0 saturated carbocycles. The summed E-state index contributed by atoms with van der Waals surface area (Å²) in [5, 5.41) is 11.0. The maximum Gasteiger partial charge on any atom is 0.307 e. The highest BCUT2D eigenvalue weighted by Crippen LogP contribution is 2.22. The van der Waals surface area contributed by atoms with Crippen molar-refractivity contribution < 1.29 is 18.3 Å². The number of carboxylic acids is 1. The van der Waals surface area contributed by atoms with Gasteiger partial charge in [0.1, 0.15) is 0 Å². The van der Waals surface area contributed by atoms with E-state index in [2.05, 4.69) is 9.71 Å². The summed E-state index contributed by atoms with van der Waals surface area (Å²) >= 11 is 1.20. The Kier molecular flexibility index (Phi) is 4.07. The smallest absolute Gasteiger partial charge is 0.307 e. The van der Waals surface area contributed by atoms with E-state index in [4.69, 9.17) is 5.11 Å². The molecule has 0 aromatic carbocycles. The minimum absolute atomic E-state index is 0.00895. The number of aryl methyl sites for hydroxylation is 1. The second-order valence-corrected chi connectivity index (χ2v) is 6.97. The molecule has 0 aliphatic carbocycles. The second kappa shape index (κ2) is 5.43. The third-order valence-corrected chi connectivity index (χ3v) is 5.38. The Hall–Kier alpha value is -1.19. The minimum atomic E-state index is -3.72. The van der Waals surface area contributed by atoms with E-state index in [1.54, 1.807) is 12.3 Å². The molecule has 1 unspecified atom stereocenters. The maximum atomic E-state index is 12.1. The van der Waals surface area contributed by atoms with Crippen LogP contribution in [0.4, 0.5) is 5.13 Å². The van der Waals surface area contributed by atoms with Gasteiger partial charge in [-0.3, -0.25) is 4.79 Å². The fourth-order valence-electron chi connectivity index (χ4n) is 1.94. The average Bonchev–Trinajstić information content (AvgIpc) is 2.74. The zero-order valence-electron chi connectivity index (χ0n) is 10.4. The first-order valence-corrected chi connectivity index (χ1v) is 8.13. The Bertz CT molecular complexity index is 569. The van der Waals surface area contributed by atoms with Gasteiger partial charge >= 0.3 is 16.2 Å². The summed E-state index contributed by atoms with van der Waals surface area (Å²) in [7, 11) is -3.72. The monoisotopic (exact) mass is 305 g/mol. The molecule has 1 fully saturated rings. The molecule has 1 saturated heterocycles. The molecule has 0 bridgehead atoms. The predicted molar refractivity (Wildman–Crippen MR) is 71.3 cm³/mol.